The van der Waals surface area contributed by atoms with Gasteiger partial charge in [0.05, 0.1) is 6.42 Å². The van der Waals surface area contributed by atoms with Crippen LogP contribution in [0.25, 0.3) is 0 Å². The lowest BCUT2D eigenvalue weighted by molar-refractivity contribution is -0.173. The molecule has 8 heteroatoms. The summed E-state index contributed by atoms with van der Waals surface area (Å²) in [6, 6.07) is 13.6. The van der Waals surface area contributed by atoms with E-state index in [0.717, 1.165) is 10.0 Å². The fraction of sp³-hybridized carbons (Fsp3) is 0.176. The topological polar surface area (TPSA) is 58.2 Å². The van der Waals surface area contributed by atoms with Crippen molar-refractivity contribution in [3.8, 4) is 0 Å². The van der Waals surface area contributed by atoms with Crippen molar-refractivity contribution in [1.29, 1.82) is 0 Å². The molecule has 0 radical (unpaired) electrons. The monoisotopic (exact) mass is 414 g/mol. The maximum atomic E-state index is 12.3. The number of anilines is 1. The highest BCUT2D eigenvalue weighted by molar-refractivity contribution is 9.10. The Morgan fingerprint density at radius 1 is 0.960 bits per heavy atom. The van der Waals surface area contributed by atoms with Crippen LogP contribution in [-0.4, -0.2) is 18.0 Å². The van der Waals surface area contributed by atoms with E-state index in [2.05, 4.69) is 21.2 Å². The van der Waals surface area contributed by atoms with E-state index < -0.39 is 12.1 Å². The van der Waals surface area contributed by atoms with Gasteiger partial charge in [-0.05, 0) is 23.3 Å². The molecule has 0 saturated heterocycles. The van der Waals surface area contributed by atoms with Gasteiger partial charge in [0.2, 0.25) is 5.91 Å². The molecule has 132 valence electrons. The largest absolute Gasteiger partial charge is 0.471 e. The Balaban J connectivity index is 2.04. The van der Waals surface area contributed by atoms with E-state index in [1.165, 1.54) is 6.07 Å². The summed E-state index contributed by atoms with van der Waals surface area (Å²) in [7, 11) is 0. The molecule has 0 fully saturated rings. The lowest BCUT2D eigenvalue weighted by Gasteiger charge is -2.13. The second kappa shape index (κ2) is 8.15. The van der Waals surface area contributed by atoms with Crippen LogP contribution in [0.2, 0.25) is 0 Å². The average Bonchev–Trinajstić information content (AvgIpc) is 2.55. The zero-order valence-corrected chi connectivity index (χ0v) is 14.4. The number of carbonyl (C=O) groups is 2. The summed E-state index contributed by atoms with van der Waals surface area (Å²) >= 11 is 3.35. The summed E-state index contributed by atoms with van der Waals surface area (Å²) in [6.45, 7) is -0.343. The molecule has 2 N–H and O–H groups in total. The number of rotatable bonds is 5. The number of hydrogen-bond acceptors (Lipinski definition) is 2. The Bertz CT molecular complexity index is 778. The Kier molecular flexibility index (Phi) is 6.19. The second-order valence-corrected chi connectivity index (χ2v) is 6.01. The molecule has 0 bridgehead atoms. The molecule has 0 aromatic heterocycles. The fourth-order valence-electron chi connectivity index (χ4n) is 2.08. The molecule has 25 heavy (non-hydrogen) atoms. The molecule has 2 aromatic carbocycles. The summed E-state index contributed by atoms with van der Waals surface area (Å²) in [5, 5.41) is 4.45. The first-order valence-electron chi connectivity index (χ1n) is 7.23. The van der Waals surface area contributed by atoms with Gasteiger partial charge in [-0.2, -0.15) is 13.2 Å². The third-order valence-electron chi connectivity index (χ3n) is 3.30. The third kappa shape index (κ3) is 5.60. The standard InChI is InChI=1S/C17H14BrF3N2O2/c18-13-7-3-1-5-11(13)9-15(24)23-14-8-4-2-6-12(14)10-22-16(25)17(19,20)21/h1-8H,9-10H2,(H,22,25)(H,23,24). The molecule has 0 unspecified atom stereocenters. The van der Waals surface area contributed by atoms with Crippen molar-refractivity contribution >= 4 is 33.4 Å². The zero-order valence-electron chi connectivity index (χ0n) is 12.9. The van der Waals surface area contributed by atoms with Crippen LogP contribution in [0.3, 0.4) is 0 Å². The van der Waals surface area contributed by atoms with Crippen molar-refractivity contribution in [2.75, 3.05) is 5.32 Å². The minimum atomic E-state index is -4.95. The van der Waals surface area contributed by atoms with E-state index >= 15 is 0 Å². The van der Waals surface area contributed by atoms with Gasteiger partial charge < -0.3 is 10.6 Å². The van der Waals surface area contributed by atoms with E-state index in [-0.39, 0.29) is 18.9 Å². The first-order chi connectivity index (χ1) is 11.8. The van der Waals surface area contributed by atoms with Gasteiger partial charge in [-0.25, -0.2) is 0 Å². The molecule has 2 amide bonds. The number of alkyl halides is 3. The van der Waals surface area contributed by atoms with Crippen molar-refractivity contribution in [1.82, 2.24) is 5.32 Å². The predicted molar refractivity (Wildman–Crippen MR) is 90.8 cm³/mol. The smallest absolute Gasteiger partial charge is 0.344 e. The molecule has 4 nitrogen and oxygen atoms in total. The van der Waals surface area contributed by atoms with Crippen LogP contribution in [0.15, 0.2) is 53.0 Å². The number of halogens is 4. The summed E-state index contributed by atoms with van der Waals surface area (Å²) in [6.07, 6.45) is -4.84. The Labute approximate surface area is 150 Å². The van der Waals surface area contributed by atoms with E-state index in [1.54, 1.807) is 35.6 Å². The first kappa shape index (κ1) is 19.0. The van der Waals surface area contributed by atoms with Crippen molar-refractivity contribution in [3.05, 3.63) is 64.1 Å². The molecule has 2 aromatic rings. The predicted octanol–water partition coefficient (Wildman–Crippen LogP) is 3.81. The van der Waals surface area contributed by atoms with Crippen LogP contribution in [0, 0.1) is 0 Å². The van der Waals surface area contributed by atoms with Gasteiger partial charge >= 0.3 is 12.1 Å². The van der Waals surface area contributed by atoms with E-state index in [4.69, 9.17) is 0 Å². The van der Waals surface area contributed by atoms with Gasteiger partial charge in [0.15, 0.2) is 0 Å². The van der Waals surface area contributed by atoms with E-state index in [0.29, 0.717) is 11.3 Å². The van der Waals surface area contributed by atoms with Crippen LogP contribution >= 0.6 is 15.9 Å². The number of hydrogen-bond donors (Lipinski definition) is 2. The average molecular weight is 415 g/mol. The fourth-order valence-corrected chi connectivity index (χ4v) is 2.51. The molecule has 0 heterocycles. The van der Waals surface area contributed by atoms with Gasteiger partial charge in [0.25, 0.3) is 0 Å². The Morgan fingerprint density at radius 2 is 1.56 bits per heavy atom. The van der Waals surface area contributed by atoms with Gasteiger partial charge in [0, 0.05) is 16.7 Å². The van der Waals surface area contributed by atoms with E-state index in [9.17, 15) is 22.8 Å². The van der Waals surface area contributed by atoms with E-state index in [1.807, 2.05) is 12.1 Å². The summed E-state index contributed by atoms with van der Waals surface area (Å²) in [5.74, 6) is -2.34. The quantitative estimate of drug-likeness (QED) is 0.781. The summed E-state index contributed by atoms with van der Waals surface area (Å²) in [4.78, 5) is 23.1. The molecular formula is C17H14BrF3N2O2. The zero-order chi connectivity index (χ0) is 18.4. The first-order valence-corrected chi connectivity index (χ1v) is 8.03. The van der Waals surface area contributed by atoms with Crippen LogP contribution < -0.4 is 10.6 Å². The summed E-state index contributed by atoms with van der Waals surface area (Å²) < 4.78 is 37.6. The number of nitrogens with one attached hydrogen (secondary N) is 2. The molecule has 0 aliphatic carbocycles. The summed E-state index contributed by atoms with van der Waals surface area (Å²) in [5.41, 5.74) is 1.51. The number of amides is 2. The van der Waals surface area contributed by atoms with Crippen LogP contribution in [-0.2, 0) is 22.6 Å². The minimum Gasteiger partial charge on any atom is -0.344 e. The normalized spacial score (nSPS) is 11.0. The molecular weight excluding hydrogens is 401 g/mol. The van der Waals surface area contributed by atoms with Gasteiger partial charge in [0.1, 0.15) is 0 Å². The lowest BCUT2D eigenvalue weighted by Crippen LogP contribution is -2.36. The maximum Gasteiger partial charge on any atom is 0.471 e. The van der Waals surface area contributed by atoms with Gasteiger partial charge in [-0.15, -0.1) is 0 Å². The minimum absolute atomic E-state index is 0.102. The van der Waals surface area contributed by atoms with Gasteiger partial charge in [-0.3, -0.25) is 9.59 Å². The SMILES string of the molecule is O=C(Cc1ccccc1Br)Nc1ccccc1CNC(=O)C(F)(F)F. The second-order valence-electron chi connectivity index (χ2n) is 5.15. The number of carbonyl (C=O) groups excluding carboxylic acids is 2. The number of para-hydroxylation sites is 1. The van der Waals surface area contributed by atoms with Crippen molar-refractivity contribution in [2.45, 2.75) is 19.1 Å². The molecule has 2 rings (SSSR count). The third-order valence-corrected chi connectivity index (χ3v) is 4.07. The Morgan fingerprint density at radius 3 is 2.20 bits per heavy atom. The van der Waals surface area contributed by atoms with Crippen LogP contribution in [0.1, 0.15) is 11.1 Å². The number of benzene rings is 2. The van der Waals surface area contributed by atoms with Crippen molar-refractivity contribution < 1.29 is 22.8 Å². The highest BCUT2D eigenvalue weighted by Gasteiger charge is 2.38. The molecule has 0 atom stereocenters. The Hall–Kier alpha value is -2.35. The van der Waals surface area contributed by atoms with Crippen molar-refractivity contribution in [3.63, 3.8) is 0 Å². The van der Waals surface area contributed by atoms with Gasteiger partial charge in [-0.1, -0.05) is 52.3 Å². The van der Waals surface area contributed by atoms with Crippen molar-refractivity contribution in [2.24, 2.45) is 0 Å². The molecule has 0 spiro atoms. The molecule has 0 aliphatic rings. The highest BCUT2D eigenvalue weighted by Crippen LogP contribution is 2.20. The lowest BCUT2D eigenvalue weighted by atomic mass is 10.1. The highest BCUT2D eigenvalue weighted by atomic mass is 79.9. The molecule has 0 saturated carbocycles. The maximum absolute atomic E-state index is 12.3. The molecule has 0 aliphatic heterocycles. The van der Waals surface area contributed by atoms with Crippen LogP contribution in [0.5, 0.6) is 0 Å². The van der Waals surface area contributed by atoms with Crippen LogP contribution in [0.4, 0.5) is 18.9 Å².